The molecule has 0 aromatic heterocycles. The van der Waals surface area contributed by atoms with E-state index in [0.717, 1.165) is 0 Å². The minimum atomic E-state index is -4.33. The van der Waals surface area contributed by atoms with Crippen LogP contribution in [0.25, 0.3) is 0 Å². The summed E-state index contributed by atoms with van der Waals surface area (Å²) in [6.07, 6.45) is -4.11. The van der Waals surface area contributed by atoms with Crippen molar-refractivity contribution in [3.63, 3.8) is 0 Å². The normalized spacial score (nSPS) is 30.2. The van der Waals surface area contributed by atoms with Gasteiger partial charge in [-0.15, -0.1) is 0 Å². The molecule has 17 heavy (non-hydrogen) atoms. The zero-order valence-corrected chi connectivity index (χ0v) is 8.83. The van der Waals surface area contributed by atoms with Crippen molar-refractivity contribution in [2.24, 2.45) is 5.92 Å². The van der Waals surface area contributed by atoms with Crippen LogP contribution < -0.4 is 0 Å². The summed E-state index contributed by atoms with van der Waals surface area (Å²) in [6.45, 7) is 0. The van der Waals surface area contributed by atoms with Gasteiger partial charge in [-0.05, 0) is 12.8 Å². The first-order valence-corrected chi connectivity index (χ1v) is 5.33. The molecule has 0 unspecified atom stereocenters. The van der Waals surface area contributed by atoms with Crippen molar-refractivity contribution < 1.29 is 32.1 Å². The van der Waals surface area contributed by atoms with Gasteiger partial charge in [0, 0.05) is 18.7 Å². The lowest BCUT2D eigenvalue weighted by molar-refractivity contribution is -0.151. The molecule has 0 bridgehead atoms. The molecule has 1 aliphatic carbocycles. The third kappa shape index (κ3) is 2.92. The van der Waals surface area contributed by atoms with Gasteiger partial charge in [-0.3, -0.25) is 9.59 Å². The molecule has 1 heterocycles. The fourth-order valence-corrected chi connectivity index (χ4v) is 1.84. The molecule has 1 saturated carbocycles. The number of hydrogen-bond acceptors (Lipinski definition) is 4. The number of carbonyl (C=O) groups excluding carboxylic acids is 2. The molecular formula is C9H10BF3O4. The molecule has 8 heteroatoms. The Bertz CT molecular complexity index is 326. The highest BCUT2D eigenvalue weighted by molar-refractivity contribution is 6.52. The Hall–Kier alpha value is -1.21. The summed E-state index contributed by atoms with van der Waals surface area (Å²) in [5, 5.41) is 0. The number of hydrogen-bond donors (Lipinski definition) is 0. The Morgan fingerprint density at radius 1 is 1.12 bits per heavy atom. The maximum atomic E-state index is 12.3. The Kier molecular flexibility index (Phi) is 3.05. The van der Waals surface area contributed by atoms with E-state index >= 15 is 0 Å². The van der Waals surface area contributed by atoms with Gasteiger partial charge in [0.25, 0.3) is 11.9 Å². The Morgan fingerprint density at radius 3 is 2.06 bits per heavy atom. The largest absolute Gasteiger partial charge is 0.602 e. The van der Waals surface area contributed by atoms with E-state index in [-0.39, 0.29) is 19.3 Å². The van der Waals surface area contributed by atoms with Crippen LogP contribution >= 0.6 is 0 Å². The molecule has 2 aliphatic rings. The number of rotatable bonds is 1. The zero-order valence-electron chi connectivity index (χ0n) is 8.83. The fraction of sp³-hybridized carbons (Fsp3) is 0.778. The predicted octanol–water partition coefficient (Wildman–Crippen LogP) is 1.70. The second-order valence-electron chi connectivity index (χ2n) is 4.25. The SMILES string of the molecule is O=C1CCCC(=O)OB([C@@H]2C[C@H]2C(F)(F)F)O1. The third-order valence-electron chi connectivity index (χ3n) is 2.87. The molecule has 2 atom stereocenters. The minimum absolute atomic E-state index is 0.0367. The van der Waals surface area contributed by atoms with Gasteiger partial charge >= 0.3 is 13.3 Å². The first kappa shape index (κ1) is 12.3. The number of carbonyl (C=O) groups is 2. The molecule has 94 valence electrons. The van der Waals surface area contributed by atoms with Crippen LogP contribution in [0.4, 0.5) is 13.2 Å². The highest BCUT2D eigenvalue weighted by Crippen LogP contribution is 2.56. The van der Waals surface area contributed by atoms with Gasteiger partial charge in [0.15, 0.2) is 0 Å². The van der Waals surface area contributed by atoms with Gasteiger partial charge < -0.3 is 9.31 Å². The van der Waals surface area contributed by atoms with Gasteiger partial charge in [-0.1, -0.05) is 0 Å². The monoisotopic (exact) mass is 250 g/mol. The average molecular weight is 250 g/mol. The Labute approximate surface area is 95.6 Å². The molecule has 1 saturated heterocycles. The summed E-state index contributed by atoms with van der Waals surface area (Å²) in [6, 6.07) is 0. The van der Waals surface area contributed by atoms with Gasteiger partial charge in [0.2, 0.25) is 0 Å². The molecule has 1 aliphatic heterocycles. The molecule has 2 fully saturated rings. The lowest BCUT2D eigenvalue weighted by Gasteiger charge is -2.17. The van der Waals surface area contributed by atoms with E-state index in [2.05, 4.69) is 0 Å². The van der Waals surface area contributed by atoms with Crippen LogP contribution in [0.1, 0.15) is 25.7 Å². The molecule has 0 N–H and O–H groups in total. The molecule has 0 amide bonds. The first-order valence-electron chi connectivity index (χ1n) is 5.33. The van der Waals surface area contributed by atoms with Crippen LogP contribution in [0.5, 0.6) is 0 Å². The van der Waals surface area contributed by atoms with Gasteiger partial charge in [-0.25, -0.2) is 0 Å². The summed E-state index contributed by atoms with van der Waals surface area (Å²) in [5.74, 6) is -3.71. The topological polar surface area (TPSA) is 52.6 Å². The van der Waals surface area contributed by atoms with E-state index in [1.54, 1.807) is 0 Å². The molecule has 2 rings (SSSR count). The second-order valence-corrected chi connectivity index (χ2v) is 4.25. The van der Waals surface area contributed by atoms with Crippen molar-refractivity contribution in [2.45, 2.75) is 37.7 Å². The van der Waals surface area contributed by atoms with E-state index < -0.39 is 37.0 Å². The lowest BCUT2D eigenvalue weighted by Crippen LogP contribution is -2.33. The maximum Gasteiger partial charge on any atom is 0.602 e. The van der Waals surface area contributed by atoms with Crippen molar-refractivity contribution >= 4 is 19.1 Å². The average Bonchev–Trinajstić information content (AvgIpc) is 2.92. The highest BCUT2D eigenvalue weighted by atomic mass is 19.4. The molecule has 0 aromatic carbocycles. The molecule has 4 nitrogen and oxygen atoms in total. The van der Waals surface area contributed by atoms with Gasteiger partial charge in [0.1, 0.15) is 0 Å². The van der Waals surface area contributed by atoms with Crippen LogP contribution in [0.15, 0.2) is 0 Å². The van der Waals surface area contributed by atoms with Crippen molar-refractivity contribution in [1.82, 2.24) is 0 Å². The van der Waals surface area contributed by atoms with Gasteiger partial charge in [-0.2, -0.15) is 13.2 Å². The van der Waals surface area contributed by atoms with Gasteiger partial charge in [0.05, 0.1) is 5.92 Å². The van der Waals surface area contributed by atoms with E-state index in [9.17, 15) is 22.8 Å². The van der Waals surface area contributed by atoms with Crippen molar-refractivity contribution in [3.8, 4) is 0 Å². The Morgan fingerprint density at radius 2 is 1.65 bits per heavy atom. The fourth-order valence-electron chi connectivity index (χ4n) is 1.84. The quantitative estimate of drug-likeness (QED) is 0.664. The second kappa shape index (κ2) is 4.23. The summed E-state index contributed by atoms with van der Waals surface area (Å²) in [4.78, 5) is 22.3. The summed E-state index contributed by atoms with van der Waals surface area (Å²) < 4.78 is 46.5. The number of alkyl halides is 3. The number of halogens is 3. The van der Waals surface area contributed by atoms with E-state index in [4.69, 9.17) is 9.31 Å². The summed E-state index contributed by atoms with van der Waals surface area (Å²) in [5.41, 5.74) is 0. The van der Waals surface area contributed by atoms with Crippen LogP contribution in [-0.2, 0) is 18.9 Å². The van der Waals surface area contributed by atoms with Crippen molar-refractivity contribution in [2.75, 3.05) is 0 Å². The summed E-state index contributed by atoms with van der Waals surface area (Å²) in [7, 11) is -1.37. The highest BCUT2D eigenvalue weighted by Gasteiger charge is 2.64. The van der Waals surface area contributed by atoms with E-state index in [1.807, 2.05) is 0 Å². The predicted molar refractivity (Wildman–Crippen MR) is 49.7 cm³/mol. The van der Waals surface area contributed by atoms with E-state index in [0.29, 0.717) is 6.42 Å². The zero-order chi connectivity index (χ0) is 12.6. The smallest absolute Gasteiger partial charge is 0.499 e. The summed E-state index contributed by atoms with van der Waals surface area (Å²) >= 11 is 0. The van der Waals surface area contributed by atoms with E-state index in [1.165, 1.54) is 0 Å². The lowest BCUT2D eigenvalue weighted by atomic mass is 9.79. The van der Waals surface area contributed by atoms with Crippen LogP contribution in [0, 0.1) is 5.92 Å². The van der Waals surface area contributed by atoms with Crippen molar-refractivity contribution in [1.29, 1.82) is 0 Å². The standard InChI is InChI=1S/C9H10BF3O4/c11-9(12,13)5-4-6(5)10-16-7(14)2-1-3-8(15)17-10/h5-6H,1-4H2/t5-,6-/m1/s1. The van der Waals surface area contributed by atoms with Crippen LogP contribution in [0.2, 0.25) is 5.82 Å². The van der Waals surface area contributed by atoms with Crippen LogP contribution in [0.3, 0.4) is 0 Å². The molecular weight excluding hydrogens is 240 g/mol. The third-order valence-corrected chi connectivity index (χ3v) is 2.87. The molecule has 0 spiro atoms. The van der Waals surface area contributed by atoms with Crippen LogP contribution in [-0.4, -0.2) is 25.2 Å². The molecule has 0 radical (unpaired) electrons. The maximum absolute atomic E-state index is 12.3. The van der Waals surface area contributed by atoms with Crippen molar-refractivity contribution in [3.05, 3.63) is 0 Å². The minimum Gasteiger partial charge on any atom is -0.499 e. The Balaban J connectivity index is 1.99. The first-order chi connectivity index (χ1) is 7.88. The molecule has 0 aromatic rings.